The van der Waals surface area contributed by atoms with Crippen molar-refractivity contribution in [2.45, 2.75) is 19.8 Å². The number of hydrogen-bond donors (Lipinski definition) is 0. The van der Waals surface area contributed by atoms with E-state index in [2.05, 4.69) is 317 Å². The van der Waals surface area contributed by atoms with Crippen molar-refractivity contribution in [3.8, 4) is 17.0 Å². The second-order valence-electron chi connectivity index (χ2n) is 23.3. The average Bonchev–Trinajstić information content (AvgIpc) is 1.78. The van der Waals surface area contributed by atoms with Gasteiger partial charge in [-0.05, 0) is 141 Å². The van der Waals surface area contributed by atoms with Gasteiger partial charge in [0.05, 0.1) is 28.1 Å². The molecule has 14 aromatic rings. The van der Waals surface area contributed by atoms with Gasteiger partial charge in [-0.2, -0.15) is 0 Å². The number of anilines is 12. The first-order valence-corrected chi connectivity index (χ1v) is 29.7. The number of nitrogens with zero attached hydrogens (tertiary/aromatic N) is 5. The Morgan fingerprint density at radius 2 is 0.741 bits per heavy atom. The molecule has 18 rings (SSSR count). The van der Waals surface area contributed by atoms with Crippen LogP contribution in [0, 0.1) is 0 Å². The molecule has 4 aliphatic heterocycles. The first kappa shape index (κ1) is 47.9. The largest absolute Gasteiger partial charge is 0.468 e. The molecule has 85 heavy (non-hydrogen) atoms. The number of rotatable bonds is 7. The van der Waals surface area contributed by atoms with Gasteiger partial charge in [0.25, 0.3) is 13.4 Å². The molecule has 6 nitrogen and oxygen atoms in total. The van der Waals surface area contributed by atoms with Gasteiger partial charge < -0.3 is 28.6 Å². The molecule has 0 N–H and O–H groups in total. The van der Waals surface area contributed by atoms with Crippen molar-refractivity contribution in [3.05, 3.63) is 285 Å². The summed E-state index contributed by atoms with van der Waals surface area (Å²) in [5, 5.41) is 4.76. The molecule has 0 aliphatic carbocycles. The predicted octanol–water partition coefficient (Wildman–Crippen LogP) is 16.5. The third kappa shape index (κ3) is 6.91. The van der Waals surface area contributed by atoms with E-state index in [1.807, 2.05) is 0 Å². The molecule has 0 amide bonds. The van der Waals surface area contributed by atoms with Crippen LogP contribution in [-0.4, -0.2) is 18.0 Å². The van der Waals surface area contributed by atoms with E-state index in [0.717, 1.165) is 84.9 Å². The fraction of sp³-hybridized carbons (Fsp3) is 0.0390. The van der Waals surface area contributed by atoms with Crippen molar-refractivity contribution < 1.29 is 4.42 Å². The number of fused-ring (bicyclic) bond motifs is 12. The lowest BCUT2D eigenvalue weighted by Gasteiger charge is -2.44. The second kappa shape index (κ2) is 18.4. The summed E-state index contributed by atoms with van der Waals surface area (Å²) in [5.74, 6) is 1.17. The highest BCUT2D eigenvalue weighted by atomic mass is 16.3. The van der Waals surface area contributed by atoms with E-state index in [4.69, 9.17) is 4.42 Å². The Morgan fingerprint density at radius 3 is 1.32 bits per heavy atom. The molecule has 0 radical (unpaired) electrons. The summed E-state index contributed by atoms with van der Waals surface area (Å²) in [6.45, 7) is 4.22. The third-order valence-electron chi connectivity index (χ3n) is 18.5. The Balaban J connectivity index is 0.975. The van der Waals surface area contributed by atoms with Gasteiger partial charge in [0.2, 0.25) is 0 Å². The zero-order valence-electron chi connectivity index (χ0n) is 46.9. The molecule has 0 spiro atoms. The molecule has 0 atom stereocenters. The van der Waals surface area contributed by atoms with Crippen LogP contribution < -0.4 is 52.6 Å². The predicted molar refractivity (Wildman–Crippen MR) is 358 cm³/mol. The van der Waals surface area contributed by atoms with E-state index >= 15 is 0 Å². The van der Waals surface area contributed by atoms with Gasteiger partial charge in [0.15, 0.2) is 0 Å². The van der Waals surface area contributed by atoms with Crippen LogP contribution in [0.25, 0.3) is 49.6 Å². The summed E-state index contributed by atoms with van der Waals surface area (Å²) < 4.78 is 10.2. The molecule has 0 bridgehead atoms. The minimum Gasteiger partial charge on any atom is -0.468 e. The summed E-state index contributed by atoms with van der Waals surface area (Å²) in [6, 6.07) is 103. The number of furan rings is 1. The summed E-state index contributed by atoms with van der Waals surface area (Å²) in [4.78, 5) is 9.95. The molecule has 398 valence electrons. The van der Waals surface area contributed by atoms with E-state index in [9.17, 15) is 0 Å². The lowest BCUT2D eigenvalue weighted by Crippen LogP contribution is -2.61. The molecule has 2 aromatic heterocycles. The molecular formula is C77H53B2N5O. The maximum Gasteiger partial charge on any atom is 0.297 e. The van der Waals surface area contributed by atoms with Gasteiger partial charge in [-0.3, -0.25) is 0 Å². The normalized spacial score (nSPS) is 13.5. The van der Waals surface area contributed by atoms with Crippen LogP contribution in [0.1, 0.15) is 25.3 Å². The Hall–Kier alpha value is -10.7. The monoisotopic (exact) mass is 1090 g/mol. The van der Waals surface area contributed by atoms with E-state index < -0.39 is 0 Å². The fourth-order valence-electron chi connectivity index (χ4n) is 15.0. The first-order valence-electron chi connectivity index (χ1n) is 29.7. The van der Waals surface area contributed by atoms with E-state index in [1.165, 1.54) is 71.5 Å². The molecule has 6 heterocycles. The first-order chi connectivity index (χ1) is 42.1. The molecule has 0 fully saturated rings. The highest BCUT2D eigenvalue weighted by Gasteiger charge is 2.48. The van der Waals surface area contributed by atoms with Gasteiger partial charge in [-0.1, -0.05) is 190 Å². The number of para-hydroxylation sites is 5. The highest BCUT2D eigenvalue weighted by Crippen LogP contribution is 2.50. The van der Waals surface area contributed by atoms with Crippen LogP contribution in [0.15, 0.2) is 283 Å². The maximum atomic E-state index is 7.61. The van der Waals surface area contributed by atoms with E-state index in [-0.39, 0.29) is 13.4 Å². The average molecular weight is 1090 g/mol. The lowest BCUT2D eigenvalue weighted by atomic mass is 9.33. The maximum absolute atomic E-state index is 7.61. The zero-order valence-corrected chi connectivity index (χ0v) is 46.9. The Morgan fingerprint density at radius 1 is 0.318 bits per heavy atom. The van der Waals surface area contributed by atoms with Crippen molar-refractivity contribution in [3.63, 3.8) is 0 Å². The van der Waals surface area contributed by atoms with Crippen LogP contribution >= 0.6 is 0 Å². The fourth-order valence-corrected chi connectivity index (χ4v) is 15.0. The second-order valence-corrected chi connectivity index (χ2v) is 23.3. The molecular weight excluding hydrogens is 1030 g/mol. The van der Waals surface area contributed by atoms with Gasteiger partial charge in [-0.25, -0.2) is 0 Å². The van der Waals surface area contributed by atoms with Crippen molar-refractivity contribution in [2.24, 2.45) is 0 Å². The van der Waals surface area contributed by atoms with Crippen LogP contribution in [0.3, 0.4) is 0 Å². The molecule has 0 saturated heterocycles. The SMILES string of the molecule is CC(C)c1ccccc1-c1cc2c(o1)B1c3cc4c5cc6c(cc5n(-c5cccc7ccccc57)c4cc3N(c3ccccc3)c3cccc(c31)N2c1ccccc1)N(c1ccccc1)c1cccc2c1B6c1ccccc1N2c1ccccc1. The number of benzene rings is 12. The standard InChI is InChI=1S/C77H53B2N5O/c1-49(2)55-34-17-18-36-57(55)74-48-73-77(85-74)79-62-45-59-58-44-61-71(81(52-28-9-4-10-29-52)66-41-22-40-65-75(66)78(61)60-37-19-20-38-64(60)80(65)51-26-7-3-8-27-51)46-69(58)84(63-39-21-25-50-24-15-16-35-56(50)63)70(59)47-72(62)82(53-30-11-5-12-31-53)67-42-23-43-68(76(67)79)83(73)54-32-13-6-14-33-54/h3-49H,1-2H3. The molecule has 0 unspecified atom stereocenters. The number of hydrogen-bond acceptors (Lipinski definition) is 5. The van der Waals surface area contributed by atoms with Crippen LogP contribution in [-0.2, 0) is 0 Å². The van der Waals surface area contributed by atoms with Gasteiger partial charge in [0, 0.05) is 90.3 Å². The lowest BCUT2D eigenvalue weighted by molar-refractivity contribution is 0.613. The zero-order chi connectivity index (χ0) is 56.0. The quantitative estimate of drug-likeness (QED) is 0.148. The summed E-state index contributed by atoms with van der Waals surface area (Å²) in [7, 11) is 0. The number of aromatic nitrogens is 1. The van der Waals surface area contributed by atoms with Crippen molar-refractivity contribution in [1.29, 1.82) is 0 Å². The van der Waals surface area contributed by atoms with Gasteiger partial charge in [-0.15, -0.1) is 0 Å². The Kier molecular flexibility index (Phi) is 10.4. The van der Waals surface area contributed by atoms with Crippen molar-refractivity contribution in [1.82, 2.24) is 4.57 Å². The van der Waals surface area contributed by atoms with E-state index in [0.29, 0.717) is 5.92 Å². The Labute approximate surface area is 494 Å². The third-order valence-corrected chi connectivity index (χ3v) is 18.5. The summed E-state index contributed by atoms with van der Waals surface area (Å²) in [6.07, 6.45) is 0. The van der Waals surface area contributed by atoms with Crippen LogP contribution in [0.5, 0.6) is 0 Å². The van der Waals surface area contributed by atoms with Crippen molar-refractivity contribution >= 4 is 147 Å². The topological polar surface area (TPSA) is 31.0 Å². The summed E-state index contributed by atoms with van der Waals surface area (Å²) >= 11 is 0. The Bertz CT molecular complexity index is 5030. The van der Waals surface area contributed by atoms with E-state index in [1.54, 1.807) is 0 Å². The highest BCUT2D eigenvalue weighted by molar-refractivity contribution is 7.01. The smallest absolute Gasteiger partial charge is 0.297 e. The minimum atomic E-state index is -0.258. The molecule has 0 saturated carbocycles. The summed E-state index contributed by atoms with van der Waals surface area (Å²) in [5.41, 5.74) is 26.5. The van der Waals surface area contributed by atoms with Crippen LogP contribution in [0.2, 0.25) is 0 Å². The molecule has 12 aromatic carbocycles. The molecule has 4 aliphatic rings. The minimum absolute atomic E-state index is 0.0709. The molecule has 8 heteroatoms. The van der Waals surface area contributed by atoms with Crippen molar-refractivity contribution in [2.75, 3.05) is 19.6 Å². The van der Waals surface area contributed by atoms with Crippen LogP contribution in [0.4, 0.5) is 68.2 Å². The van der Waals surface area contributed by atoms with Gasteiger partial charge in [0.1, 0.15) is 5.76 Å². The van der Waals surface area contributed by atoms with Gasteiger partial charge >= 0.3 is 0 Å².